The first-order chi connectivity index (χ1) is 18.3. The molecule has 0 fully saturated rings. The zero-order valence-electron chi connectivity index (χ0n) is 20.7. The summed E-state index contributed by atoms with van der Waals surface area (Å²) in [6.07, 6.45) is 1.82. The van der Waals surface area contributed by atoms with Gasteiger partial charge in [-0.25, -0.2) is 4.98 Å². The highest BCUT2D eigenvalue weighted by atomic mass is 35.5. The molecule has 0 N–H and O–H groups in total. The standard InChI is InChI=1S/C33H30ClNO2/c34-32-20-18-27-23-26(17-19-31(27)35-32)24-37-25-36-22-10-21-33(28-11-4-1-5-12-28,29-13-6-2-7-14-29)30-15-8-3-9-16-30/h1-9,11-20,23H,10,21-22,24-25H2. The fraction of sp³-hybridized carbons (Fsp3) is 0.182. The monoisotopic (exact) mass is 507 g/mol. The summed E-state index contributed by atoms with van der Waals surface area (Å²) in [4.78, 5) is 4.33. The molecule has 186 valence electrons. The predicted octanol–water partition coefficient (Wildman–Crippen LogP) is 8.19. The van der Waals surface area contributed by atoms with Gasteiger partial charge in [0.2, 0.25) is 0 Å². The largest absolute Gasteiger partial charge is 0.355 e. The SMILES string of the molecule is Clc1ccc2cc(COCOCCCC(c3ccccc3)(c3ccccc3)c3ccccc3)ccc2n1. The summed E-state index contributed by atoms with van der Waals surface area (Å²) in [5.74, 6) is 0. The summed E-state index contributed by atoms with van der Waals surface area (Å²) in [5.41, 5.74) is 5.57. The van der Waals surface area contributed by atoms with Crippen molar-refractivity contribution in [3.63, 3.8) is 0 Å². The van der Waals surface area contributed by atoms with Crippen LogP contribution in [0.2, 0.25) is 5.15 Å². The first kappa shape index (κ1) is 25.2. The van der Waals surface area contributed by atoms with Crippen molar-refractivity contribution in [2.75, 3.05) is 13.4 Å². The van der Waals surface area contributed by atoms with Crippen molar-refractivity contribution in [1.29, 1.82) is 0 Å². The van der Waals surface area contributed by atoms with Crippen molar-refractivity contribution in [3.8, 4) is 0 Å². The van der Waals surface area contributed by atoms with Crippen LogP contribution in [0.25, 0.3) is 10.9 Å². The van der Waals surface area contributed by atoms with E-state index in [0.717, 1.165) is 29.3 Å². The molecule has 0 aliphatic carbocycles. The number of aromatic nitrogens is 1. The predicted molar refractivity (Wildman–Crippen MR) is 151 cm³/mol. The molecule has 0 spiro atoms. The fourth-order valence-electron chi connectivity index (χ4n) is 5.06. The van der Waals surface area contributed by atoms with E-state index in [1.807, 2.05) is 18.2 Å². The van der Waals surface area contributed by atoms with Gasteiger partial charge in [-0.15, -0.1) is 0 Å². The van der Waals surface area contributed by atoms with Gasteiger partial charge in [-0.05, 0) is 59.4 Å². The van der Waals surface area contributed by atoms with E-state index in [2.05, 4.69) is 102 Å². The lowest BCUT2D eigenvalue weighted by Gasteiger charge is -2.36. The van der Waals surface area contributed by atoms with Crippen LogP contribution in [-0.4, -0.2) is 18.4 Å². The van der Waals surface area contributed by atoms with Gasteiger partial charge in [-0.1, -0.05) is 109 Å². The molecule has 3 nitrogen and oxygen atoms in total. The molecule has 0 atom stereocenters. The molecule has 4 heteroatoms. The minimum absolute atomic E-state index is 0.254. The Balaban J connectivity index is 1.23. The molecule has 5 rings (SSSR count). The lowest BCUT2D eigenvalue weighted by atomic mass is 9.67. The number of hydrogen-bond acceptors (Lipinski definition) is 3. The number of nitrogens with zero attached hydrogens (tertiary/aromatic N) is 1. The van der Waals surface area contributed by atoms with Gasteiger partial charge in [0.25, 0.3) is 0 Å². The molecule has 4 aromatic carbocycles. The van der Waals surface area contributed by atoms with Gasteiger partial charge >= 0.3 is 0 Å². The van der Waals surface area contributed by atoms with E-state index in [9.17, 15) is 0 Å². The van der Waals surface area contributed by atoms with Crippen molar-refractivity contribution in [2.45, 2.75) is 24.9 Å². The molecule has 0 aliphatic rings. The molecule has 0 amide bonds. The van der Waals surface area contributed by atoms with Gasteiger partial charge in [-0.3, -0.25) is 0 Å². The minimum Gasteiger partial charge on any atom is -0.355 e. The summed E-state index contributed by atoms with van der Waals surface area (Å²) in [5, 5.41) is 1.55. The van der Waals surface area contributed by atoms with Gasteiger partial charge in [0.15, 0.2) is 0 Å². The van der Waals surface area contributed by atoms with Crippen molar-refractivity contribution < 1.29 is 9.47 Å². The summed E-state index contributed by atoms with van der Waals surface area (Å²) in [6, 6.07) is 42.2. The maximum Gasteiger partial charge on any atom is 0.147 e. The molecule has 0 aliphatic heterocycles. The smallest absolute Gasteiger partial charge is 0.147 e. The zero-order valence-corrected chi connectivity index (χ0v) is 21.5. The Morgan fingerprint density at radius 1 is 0.649 bits per heavy atom. The Morgan fingerprint density at radius 2 is 1.24 bits per heavy atom. The number of benzene rings is 4. The molecule has 37 heavy (non-hydrogen) atoms. The molecule has 5 aromatic rings. The molecular formula is C33H30ClNO2. The Hall–Kier alpha value is -3.50. The highest BCUT2D eigenvalue weighted by Gasteiger charge is 2.35. The maximum absolute atomic E-state index is 5.98. The number of fused-ring (bicyclic) bond motifs is 1. The van der Waals surface area contributed by atoms with E-state index in [0.29, 0.717) is 18.4 Å². The minimum atomic E-state index is -0.254. The lowest BCUT2D eigenvalue weighted by Crippen LogP contribution is -2.30. The molecule has 0 radical (unpaired) electrons. The topological polar surface area (TPSA) is 31.4 Å². The fourth-order valence-corrected chi connectivity index (χ4v) is 5.21. The maximum atomic E-state index is 5.98. The van der Waals surface area contributed by atoms with Gasteiger partial charge in [0, 0.05) is 17.4 Å². The molecular weight excluding hydrogens is 478 g/mol. The summed E-state index contributed by atoms with van der Waals surface area (Å²) < 4.78 is 11.7. The Kier molecular flexibility index (Phi) is 8.27. The zero-order chi connectivity index (χ0) is 25.3. The van der Waals surface area contributed by atoms with E-state index in [4.69, 9.17) is 21.1 Å². The second-order valence-electron chi connectivity index (χ2n) is 9.14. The second-order valence-corrected chi connectivity index (χ2v) is 9.53. The van der Waals surface area contributed by atoms with Crippen LogP contribution >= 0.6 is 11.6 Å². The van der Waals surface area contributed by atoms with Gasteiger partial charge in [0.05, 0.1) is 12.1 Å². The van der Waals surface area contributed by atoms with Crippen LogP contribution in [0, 0.1) is 0 Å². The molecule has 0 bridgehead atoms. The second kappa shape index (κ2) is 12.2. The summed E-state index contributed by atoms with van der Waals surface area (Å²) in [7, 11) is 0. The first-order valence-corrected chi connectivity index (χ1v) is 13.0. The van der Waals surface area contributed by atoms with Crippen LogP contribution in [0.3, 0.4) is 0 Å². The van der Waals surface area contributed by atoms with Gasteiger partial charge in [-0.2, -0.15) is 0 Å². The van der Waals surface area contributed by atoms with E-state index >= 15 is 0 Å². The third-order valence-electron chi connectivity index (χ3n) is 6.80. The molecule has 0 saturated carbocycles. The number of rotatable bonds is 11. The van der Waals surface area contributed by atoms with E-state index in [1.165, 1.54) is 16.7 Å². The number of halogens is 1. The Bertz CT molecular complexity index is 1310. The van der Waals surface area contributed by atoms with Crippen molar-refractivity contribution in [1.82, 2.24) is 4.98 Å². The molecule has 1 aromatic heterocycles. The molecule has 0 saturated heterocycles. The molecule has 1 heterocycles. The average Bonchev–Trinajstić information content (AvgIpc) is 2.96. The van der Waals surface area contributed by atoms with E-state index in [1.54, 1.807) is 6.07 Å². The van der Waals surface area contributed by atoms with Crippen LogP contribution in [0.15, 0.2) is 121 Å². The van der Waals surface area contributed by atoms with Crippen LogP contribution in [0.1, 0.15) is 35.1 Å². The van der Waals surface area contributed by atoms with E-state index < -0.39 is 0 Å². The van der Waals surface area contributed by atoms with Crippen LogP contribution in [0.5, 0.6) is 0 Å². The normalized spacial score (nSPS) is 11.6. The van der Waals surface area contributed by atoms with Crippen LogP contribution < -0.4 is 0 Å². The average molecular weight is 508 g/mol. The van der Waals surface area contributed by atoms with E-state index in [-0.39, 0.29) is 12.2 Å². The summed E-state index contributed by atoms with van der Waals surface area (Å²) in [6.45, 7) is 1.36. The Labute approximate surface area is 223 Å². The third-order valence-corrected chi connectivity index (χ3v) is 7.01. The number of pyridine rings is 1. The van der Waals surface area contributed by atoms with Crippen LogP contribution in [0.4, 0.5) is 0 Å². The lowest BCUT2D eigenvalue weighted by molar-refractivity contribution is -0.0627. The number of hydrogen-bond donors (Lipinski definition) is 0. The number of ether oxygens (including phenoxy) is 2. The Morgan fingerprint density at radius 3 is 1.84 bits per heavy atom. The highest BCUT2D eigenvalue weighted by molar-refractivity contribution is 6.29. The summed E-state index contributed by atoms with van der Waals surface area (Å²) >= 11 is 5.98. The van der Waals surface area contributed by atoms with Gasteiger partial charge in [0.1, 0.15) is 11.9 Å². The quantitative estimate of drug-likeness (QED) is 0.0781. The van der Waals surface area contributed by atoms with Crippen LogP contribution in [-0.2, 0) is 21.5 Å². The van der Waals surface area contributed by atoms with Crippen molar-refractivity contribution >= 4 is 22.5 Å². The van der Waals surface area contributed by atoms with Crippen molar-refractivity contribution in [2.24, 2.45) is 0 Å². The third kappa shape index (κ3) is 5.91. The highest BCUT2D eigenvalue weighted by Crippen LogP contribution is 2.42. The van der Waals surface area contributed by atoms with Gasteiger partial charge < -0.3 is 9.47 Å². The van der Waals surface area contributed by atoms with Crippen molar-refractivity contribution in [3.05, 3.63) is 149 Å². The first-order valence-electron chi connectivity index (χ1n) is 12.6. The molecule has 0 unspecified atom stereocenters.